The van der Waals surface area contributed by atoms with Crippen molar-refractivity contribution in [3.63, 3.8) is 0 Å². The smallest absolute Gasteiger partial charge is 0.416 e. The number of hydrogen-bond donors (Lipinski definition) is 1. The molecule has 2 aromatic carbocycles. The quantitative estimate of drug-likeness (QED) is 0.924. The maximum atomic E-state index is 12.7. The first-order valence-corrected chi connectivity index (χ1v) is 7.32. The summed E-state index contributed by atoms with van der Waals surface area (Å²) in [4.78, 5) is 0. The van der Waals surface area contributed by atoms with E-state index in [0.717, 1.165) is 23.4 Å². The molecule has 2 aromatic rings. The molecular formula is C17H16F3N3O. The molecule has 0 fully saturated rings. The van der Waals surface area contributed by atoms with E-state index >= 15 is 0 Å². The van der Waals surface area contributed by atoms with Crippen molar-refractivity contribution >= 4 is 11.5 Å². The minimum Gasteiger partial charge on any atom is -0.497 e. The van der Waals surface area contributed by atoms with Crippen molar-refractivity contribution in [1.82, 2.24) is 0 Å². The van der Waals surface area contributed by atoms with Crippen LogP contribution in [0.5, 0.6) is 5.75 Å². The average Bonchev–Trinajstić information content (AvgIpc) is 2.96. The summed E-state index contributed by atoms with van der Waals surface area (Å²) in [6.07, 6.45) is -3.85. The van der Waals surface area contributed by atoms with E-state index in [1.165, 1.54) is 12.1 Å². The number of nitrogens with two attached hydrogens (primary N) is 1. The molecule has 4 nitrogen and oxygen atoms in total. The van der Waals surface area contributed by atoms with E-state index in [-0.39, 0.29) is 6.04 Å². The molecule has 0 bridgehead atoms. The molecule has 1 aliphatic rings. The Kier molecular flexibility index (Phi) is 4.09. The number of ether oxygens (including phenoxy) is 1. The summed E-state index contributed by atoms with van der Waals surface area (Å²) < 4.78 is 43.2. The van der Waals surface area contributed by atoms with Crippen molar-refractivity contribution < 1.29 is 17.9 Å². The number of nitrogens with zero attached hydrogens (tertiary/aromatic N) is 2. The molecule has 0 saturated heterocycles. The van der Waals surface area contributed by atoms with Crippen molar-refractivity contribution in [3.8, 4) is 5.75 Å². The second-order valence-corrected chi connectivity index (χ2v) is 5.47. The second-order valence-electron chi connectivity index (χ2n) is 5.47. The van der Waals surface area contributed by atoms with Gasteiger partial charge in [-0.2, -0.15) is 18.3 Å². The fourth-order valence-corrected chi connectivity index (χ4v) is 2.66. The Morgan fingerprint density at radius 1 is 1.08 bits per heavy atom. The van der Waals surface area contributed by atoms with Gasteiger partial charge >= 0.3 is 6.18 Å². The van der Waals surface area contributed by atoms with Crippen molar-refractivity contribution in [2.75, 3.05) is 12.1 Å². The van der Waals surface area contributed by atoms with Crippen LogP contribution in [0.1, 0.15) is 23.6 Å². The van der Waals surface area contributed by atoms with Crippen LogP contribution in [-0.2, 0) is 6.18 Å². The number of alkyl halides is 3. The second kappa shape index (κ2) is 6.07. The molecule has 2 N–H and O–H groups in total. The van der Waals surface area contributed by atoms with Gasteiger partial charge in [-0.1, -0.05) is 12.1 Å². The highest BCUT2D eigenvalue weighted by Crippen LogP contribution is 2.36. The van der Waals surface area contributed by atoms with Gasteiger partial charge in [0.25, 0.3) is 0 Å². The molecule has 7 heteroatoms. The van der Waals surface area contributed by atoms with Gasteiger partial charge in [0.15, 0.2) is 0 Å². The minimum absolute atomic E-state index is 0.160. The molecular weight excluding hydrogens is 319 g/mol. The van der Waals surface area contributed by atoms with Gasteiger partial charge in [0.1, 0.15) is 11.6 Å². The molecule has 1 atom stereocenters. The number of amidine groups is 1. The summed E-state index contributed by atoms with van der Waals surface area (Å²) in [5.74, 6) is 1.17. The van der Waals surface area contributed by atoms with Crippen molar-refractivity contribution in [3.05, 3.63) is 59.7 Å². The largest absolute Gasteiger partial charge is 0.497 e. The summed E-state index contributed by atoms with van der Waals surface area (Å²) in [5, 5.41) is 5.92. The van der Waals surface area contributed by atoms with Gasteiger partial charge in [-0.05, 0) is 42.0 Å². The molecule has 0 radical (unpaired) electrons. The number of halogens is 3. The van der Waals surface area contributed by atoms with Gasteiger partial charge in [0.05, 0.1) is 24.4 Å². The lowest BCUT2D eigenvalue weighted by atomic mass is 10.0. The Hall–Kier alpha value is -2.70. The number of benzene rings is 2. The van der Waals surface area contributed by atoms with Crippen molar-refractivity contribution in [1.29, 1.82) is 0 Å². The maximum absolute atomic E-state index is 12.7. The molecule has 0 saturated carbocycles. The van der Waals surface area contributed by atoms with Crippen LogP contribution in [0.25, 0.3) is 0 Å². The third-order valence-electron chi connectivity index (χ3n) is 3.89. The van der Waals surface area contributed by atoms with Crippen LogP contribution in [-0.4, -0.2) is 12.9 Å². The average molecular weight is 335 g/mol. The van der Waals surface area contributed by atoms with E-state index in [0.29, 0.717) is 17.9 Å². The number of hydrazone groups is 1. The summed E-state index contributed by atoms with van der Waals surface area (Å²) in [6.45, 7) is 0. The normalized spacial score (nSPS) is 17.8. The predicted octanol–water partition coefficient (Wildman–Crippen LogP) is 3.94. The highest BCUT2D eigenvalue weighted by Gasteiger charge is 2.32. The van der Waals surface area contributed by atoms with Crippen LogP contribution in [0.15, 0.2) is 53.6 Å². The van der Waals surface area contributed by atoms with Gasteiger partial charge < -0.3 is 10.5 Å². The van der Waals surface area contributed by atoms with Crippen LogP contribution in [0.3, 0.4) is 0 Å². The third kappa shape index (κ3) is 3.15. The van der Waals surface area contributed by atoms with E-state index < -0.39 is 11.7 Å². The van der Waals surface area contributed by atoms with E-state index in [1.807, 2.05) is 24.3 Å². The Bertz CT molecular complexity index is 739. The zero-order valence-corrected chi connectivity index (χ0v) is 12.9. The van der Waals surface area contributed by atoms with Crippen LogP contribution >= 0.6 is 0 Å². The highest BCUT2D eigenvalue weighted by molar-refractivity contribution is 5.85. The molecule has 0 amide bonds. The van der Waals surface area contributed by atoms with E-state index in [2.05, 4.69) is 5.10 Å². The lowest BCUT2D eigenvalue weighted by Gasteiger charge is -2.24. The Balaban J connectivity index is 1.89. The van der Waals surface area contributed by atoms with E-state index in [4.69, 9.17) is 10.5 Å². The van der Waals surface area contributed by atoms with Crippen LogP contribution < -0.4 is 15.5 Å². The Morgan fingerprint density at radius 2 is 1.71 bits per heavy atom. The predicted molar refractivity (Wildman–Crippen MR) is 85.9 cm³/mol. The number of methoxy groups -OCH3 is 1. The van der Waals surface area contributed by atoms with Gasteiger partial charge in [-0.3, -0.25) is 5.01 Å². The van der Waals surface area contributed by atoms with E-state index in [1.54, 1.807) is 12.1 Å². The SMILES string of the molecule is COc1ccc([C@H]2CC(N)=NN2c2ccc(C(F)(F)F)cc2)cc1. The fourth-order valence-electron chi connectivity index (χ4n) is 2.66. The van der Waals surface area contributed by atoms with Crippen molar-refractivity contribution in [2.24, 2.45) is 10.8 Å². The standard InChI is InChI=1S/C17H16F3N3O/c1-24-14-8-2-11(3-9-14)15-10-16(21)22-23(15)13-6-4-12(5-7-13)17(18,19)20/h2-9,15H,10H2,1H3,(H2,21,22)/t15-/m1/s1. The lowest BCUT2D eigenvalue weighted by molar-refractivity contribution is -0.137. The molecule has 126 valence electrons. The van der Waals surface area contributed by atoms with Crippen LogP contribution in [0, 0.1) is 0 Å². The van der Waals surface area contributed by atoms with Crippen LogP contribution in [0.4, 0.5) is 18.9 Å². The summed E-state index contributed by atoms with van der Waals surface area (Å²) in [6, 6.07) is 12.2. The number of hydrogen-bond acceptors (Lipinski definition) is 4. The first-order valence-electron chi connectivity index (χ1n) is 7.32. The molecule has 24 heavy (non-hydrogen) atoms. The fraction of sp³-hybridized carbons (Fsp3) is 0.235. The summed E-state index contributed by atoms with van der Waals surface area (Å²) in [7, 11) is 1.58. The molecule has 0 spiro atoms. The third-order valence-corrected chi connectivity index (χ3v) is 3.89. The molecule has 0 aliphatic carbocycles. The molecule has 0 aromatic heterocycles. The molecule has 3 rings (SSSR count). The molecule has 0 unspecified atom stereocenters. The van der Waals surface area contributed by atoms with Gasteiger partial charge in [-0.15, -0.1) is 0 Å². The van der Waals surface area contributed by atoms with Gasteiger partial charge in [-0.25, -0.2) is 0 Å². The lowest BCUT2D eigenvalue weighted by Crippen LogP contribution is -2.18. The number of rotatable bonds is 3. The molecule has 1 heterocycles. The van der Waals surface area contributed by atoms with Gasteiger partial charge in [0, 0.05) is 6.42 Å². The summed E-state index contributed by atoms with van der Waals surface area (Å²) in [5.41, 5.74) is 6.68. The highest BCUT2D eigenvalue weighted by atomic mass is 19.4. The maximum Gasteiger partial charge on any atom is 0.416 e. The minimum atomic E-state index is -4.36. The first kappa shape index (κ1) is 16.2. The Morgan fingerprint density at radius 3 is 2.25 bits per heavy atom. The number of anilines is 1. The topological polar surface area (TPSA) is 50.9 Å². The Labute approximate surface area is 137 Å². The zero-order valence-electron chi connectivity index (χ0n) is 12.9. The van der Waals surface area contributed by atoms with Gasteiger partial charge in [0.2, 0.25) is 0 Å². The zero-order chi connectivity index (χ0) is 17.3. The van der Waals surface area contributed by atoms with E-state index in [9.17, 15) is 13.2 Å². The monoisotopic (exact) mass is 335 g/mol. The van der Waals surface area contributed by atoms with Crippen LogP contribution in [0.2, 0.25) is 0 Å². The van der Waals surface area contributed by atoms with Crippen molar-refractivity contribution in [2.45, 2.75) is 18.6 Å². The molecule has 1 aliphatic heterocycles. The first-order chi connectivity index (χ1) is 11.4. The summed E-state index contributed by atoms with van der Waals surface area (Å²) >= 11 is 0.